The maximum absolute atomic E-state index is 13.1. The van der Waals surface area contributed by atoms with Crippen molar-refractivity contribution in [3.05, 3.63) is 77.2 Å². The summed E-state index contributed by atoms with van der Waals surface area (Å²) in [5.41, 5.74) is -0.790. The summed E-state index contributed by atoms with van der Waals surface area (Å²) in [7, 11) is 0. The highest BCUT2D eigenvalue weighted by molar-refractivity contribution is 6.31. The largest absolute Gasteiger partial charge is 0.481 e. The summed E-state index contributed by atoms with van der Waals surface area (Å²) in [5, 5.41) is 18.6. The van der Waals surface area contributed by atoms with E-state index in [0.29, 0.717) is 56.8 Å². The van der Waals surface area contributed by atoms with E-state index in [2.05, 4.69) is 21.3 Å². The first-order valence-corrected chi connectivity index (χ1v) is 15.1. The predicted octanol–water partition coefficient (Wildman–Crippen LogP) is 4.41. The van der Waals surface area contributed by atoms with Crippen LogP contribution in [0.15, 0.2) is 66.6 Å². The lowest BCUT2D eigenvalue weighted by Gasteiger charge is -2.19. The van der Waals surface area contributed by atoms with Gasteiger partial charge < -0.3 is 50.1 Å². The van der Waals surface area contributed by atoms with Crippen molar-refractivity contribution in [3.8, 4) is 5.75 Å². The Morgan fingerprint density at radius 3 is 2.04 bits per heavy atom. The number of aliphatic carboxylic acids is 1. The van der Waals surface area contributed by atoms with Gasteiger partial charge in [-0.3, -0.25) is 9.59 Å². The maximum atomic E-state index is 13.1. The van der Waals surface area contributed by atoms with Gasteiger partial charge in [-0.1, -0.05) is 11.6 Å². The van der Waals surface area contributed by atoms with Crippen LogP contribution in [0.3, 0.4) is 0 Å². The van der Waals surface area contributed by atoms with Crippen molar-refractivity contribution in [2.45, 2.75) is 18.6 Å². The lowest BCUT2D eigenvalue weighted by Crippen LogP contribution is -2.43. The Bertz CT molecular complexity index is 1410. The van der Waals surface area contributed by atoms with E-state index in [0.717, 1.165) is 12.1 Å². The van der Waals surface area contributed by atoms with Crippen molar-refractivity contribution in [3.63, 3.8) is 0 Å². The number of carboxylic acid groups (broad SMARTS) is 1. The molecule has 262 valence electrons. The van der Waals surface area contributed by atoms with Gasteiger partial charge in [-0.2, -0.15) is 13.2 Å². The minimum atomic E-state index is -4.67. The molecule has 48 heavy (non-hydrogen) atoms. The number of dihydropyridines is 1. The molecule has 0 radical (unpaired) electrons. The molecule has 1 unspecified atom stereocenters. The van der Waals surface area contributed by atoms with E-state index in [-0.39, 0.29) is 37.8 Å². The number of amides is 3. The van der Waals surface area contributed by atoms with Gasteiger partial charge in [-0.05, 0) is 54.6 Å². The van der Waals surface area contributed by atoms with E-state index in [1.54, 1.807) is 30.5 Å². The van der Waals surface area contributed by atoms with E-state index < -0.39 is 34.8 Å². The van der Waals surface area contributed by atoms with Gasteiger partial charge in [0.1, 0.15) is 17.6 Å². The molecule has 2 aromatic carbocycles. The summed E-state index contributed by atoms with van der Waals surface area (Å²) in [5.74, 6) is -0.391. The van der Waals surface area contributed by atoms with Crippen LogP contribution in [0.25, 0.3) is 0 Å². The Kier molecular flexibility index (Phi) is 16.0. The third kappa shape index (κ3) is 14.6. The second-order valence-electron chi connectivity index (χ2n) is 9.83. The minimum absolute atomic E-state index is 0.0444. The van der Waals surface area contributed by atoms with Gasteiger partial charge in [-0.15, -0.1) is 0 Å². The van der Waals surface area contributed by atoms with Gasteiger partial charge in [-0.25, -0.2) is 4.79 Å². The molecule has 0 saturated heterocycles. The summed E-state index contributed by atoms with van der Waals surface area (Å²) >= 11 is 5.61. The Labute approximate surface area is 279 Å². The second kappa shape index (κ2) is 20.1. The first-order valence-electron chi connectivity index (χ1n) is 14.7. The van der Waals surface area contributed by atoms with Crippen molar-refractivity contribution in [2.24, 2.45) is 0 Å². The van der Waals surface area contributed by atoms with Gasteiger partial charge in [0.05, 0.1) is 69.9 Å². The van der Waals surface area contributed by atoms with Crippen molar-refractivity contribution < 1.29 is 56.3 Å². The second-order valence-corrected chi connectivity index (χ2v) is 10.2. The highest BCUT2D eigenvalue weighted by atomic mass is 35.5. The smallest absolute Gasteiger partial charge is 0.417 e. The van der Waals surface area contributed by atoms with Crippen LogP contribution in [0.5, 0.6) is 5.75 Å². The predicted molar refractivity (Wildman–Crippen MR) is 169 cm³/mol. The van der Waals surface area contributed by atoms with Crippen molar-refractivity contribution >= 4 is 40.9 Å². The average molecular weight is 701 g/mol. The van der Waals surface area contributed by atoms with Gasteiger partial charge in [0.15, 0.2) is 0 Å². The molecule has 0 saturated carbocycles. The van der Waals surface area contributed by atoms with Crippen LogP contribution in [-0.2, 0) is 34.7 Å². The number of carbonyl (C=O) groups is 3. The molecule has 17 heteroatoms. The summed E-state index contributed by atoms with van der Waals surface area (Å²) in [6.45, 7) is 2.78. The molecular weight excluding hydrogens is 665 g/mol. The number of nitrogens with one attached hydrogen (secondary N) is 4. The summed E-state index contributed by atoms with van der Waals surface area (Å²) in [6, 6.07) is 7.82. The number of carboxylic acids is 1. The Morgan fingerprint density at radius 1 is 0.833 bits per heavy atom. The first-order chi connectivity index (χ1) is 23.0. The van der Waals surface area contributed by atoms with Crippen LogP contribution in [0.1, 0.15) is 12.0 Å². The van der Waals surface area contributed by atoms with Crippen molar-refractivity contribution in [2.75, 3.05) is 70.0 Å². The number of benzene rings is 2. The highest BCUT2D eigenvalue weighted by Gasteiger charge is 2.33. The molecule has 13 nitrogen and oxygen atoms in total. The third-order valence-electron chi connectivity index (χ3n) is 6.14. The Hall–Kier alpha value is -4.35. The molecular formula is C31H36ClF3N4O9. The van der Waals surface area contributed by atoms with Gasteiger partial charge in [0, 0.05) is 24.1 Å². The lowest BCUT2D eigenvalue weighted by molar-refractivity contribution is -0.138. The van der Waals surface area contributed by atoms with E-state index in [1.165, 1.54) is 18.2 Å². The maximum Gasteiger partial charge on any atom is 0.417 e. The number of allylic oxidation sites excluding steroid dienone is 1. The molecule has 1 atom stereocenters. The standard InChI is InChI=1S/C31H36ClF3N4O9/c32-26-6-3-22(19-25(26)31(33,34)35)39-30(43)38-21-1-4-23(5-2-21)48-24-7-9-36-27(20-24)29(42)37-10-12-45-14-16-47-18-17-46-15-13-44-11-8-28(40)41/h1-7,9,19-20,27,36H,8,10-18H2,(H,37,42)(H,40,41)(H2,38,39,43). The SMILES string of the molecule is O=C(O)CCOCCOCCOCCOCCNC(=O)C1C=C(Oc2ccc(NC(=O)Nc3ccc(Cl)c(C(F)(F)F)c3)cc2)C=CN1. The number of urea groups is 1. The fourth-order valence-corrected chi connectivity index (χ4v) is 4.08. The Morgan fingerprint density at radius 2 is 1.42 bits per heavy atom. The molecule has 1 aliphatic heterocycles. The average Bonchev–Trinajstić information content (AvgIpc) is 3.04. The van der Waals surface area contributed by atoms with Crippen molar-refractivity contribution in [1.29, 1.82) is 0 Å². The zero-order chi connectivity index (χ0) is 34.8. The molecule has 3 rings (SSSR count). The molecule has 2 aromatic rings. The van der Waals surface area contributed by atoms with Gasteiger partial charge in [0.2, 0.25) is 5.91 Å². The minimum Gasteiger partial charge on any atom is -0.481 e. The molecule has 1 heterocycles. The molecule has 0 spiro atoms. The summed E-state index contributed by atoms with van der Waals surface area (Å²) in [6.07, 6.45) is 0.0897. The number of halogens is 4. The monoisotopic (exact) mass is 700 g/mol. The third-order valence-corrected chi connectivity index (χ3v) is 6.47. The van der Waals surface area contributed by atoms with E-state index in [1.807, 2.05) is 0 Å². The molecule has 0 aromatic heterocycles. The molecule has 3 amide bonds. The highest BCUT2D eigenvalue weighted by Crippen LogP contribution is 2.36. The van der Waals surface area contributed by atoms with Crippen LogP contribution in [0.4, 0.5) is 29.3 Å². The number of rotatable bonds is 20. The quantitative estimate of drug-likeness (QED) is 0.125. The van der Waals surface area contributed by atoms with Crippen LogP contribution in [-0.4, -0.2) is 88.5 Å². The molecule has 0 bridgehead atoms. The van der Waals surface area contributed by atoms with E-state index in [9.17, 15) is 27.6 Å². The van der Waals surface area contributed by atoms with Crippen LogP contribution >= 0.6 is 11.6 Å². The fraction of sp³-hybridized carbons (Fsp3) is 0.387. The number of hydrogen-bond acceptors (Lipinski definition) is 9. The van der Waals surface area contributed by atoms with Gasteiger partial charge in [0.25, 0.3) is 0 Å². The van der Waals surface area contributed by atoms with E-state index >= 15 is 0 Å². The van der Waals surface area contributed by atoms with E-state index in [4.69, 9.17) is 40.4 Å². The Balaban J connectivity index is 1.29. The fourth-order valence-electron chi connectivity index (χ4n) is 3.85. The number of carbonyl (C=O) groups excluding carboxylic acids is 2. The number of alkyl halides is 3. The van der Waals surface area contributed by atoms with Crippen LogP contribution < -0.4 is 26.0 Å². The molecule has 0 aliphatic carbocycles. The molecule has 0 fully saturated rings. The zero-order valence-electron chi connectivity index (χ0n) is 25.6. The number of anilines is 2. The normalized spacial score (nSPS) is 14.1. The van der Waals surface area contributed by atoms with Crippen LogP contribution in [0.2, 0.25) is 5.02 Å². The first kappa shape index (κ1) is 38.1. The molecule has 1 aliphatic rings. The topological polar surface area (TPSA) is 166 Å². The molecule has 5 N–H and O–H groups in total. The number of hydrogen-bond donors (Lipinski definition) is 5. The summed E-state index contributed by atoms with van der Waals surface area (Å²) in [4.78, 5) is 35.2. The number of ether oxygens (including phenoxy) is 5. The van der Waals surface area contributed by atoms with Crippen LogP contribution in [0, 0.1) is 0 Å². The zero-order valence-corrected chi connectivity index (χ0v) is 26.4. The lowest BCUT2D eigenvalue weighted by atomic mass is 10.2. The van der Waals surface area contributed by atoms with Gasteiger partial charge >= 0.3 is 18.2 Å². The summed E-state index contributed by atoms with van der Waals surface area (Å²) < 4.78 is 66.3. The van der Waals surface area contributed by atoms with Crippen molar-refractivity contribution in [1.82, 2.24) is 10.6 Å².